The van der Waals surface area contributed by atoms with Crippen molar-refractivity contribution in [2.75, 3.05) is 11.4 Å². The number of hydrogen-bond acceptors (Lipinski definition) is 1. The summed E-state index contributed by atoms with van der Waals surface area (Å²) in [7, 11) is 0. The number of amides is 1. The van der Waals surface area contributed by atoms with E-state index in [2.05, 4.69) is 15.9 Å². The molecule has 1 heterocycles. The number of hydrogen-bond donors (Lipinski definition) is 0. The maximum atomic E-state index is 13.2. The zero-order chi connectivity index (χ0) is 18.4. The van der Waals surface area contributed by atoms with Gasteiger partial charge in [0.05, 0.1) is 5.56 Å². The van der Waals surface area contributed by atoms with Gasteiger partial charge in [-0.05, 0) is 48.2 Å². The van der Waals surface area contributed by atoms with Crippen LogP contribution in [0.2, 0.25) is 5.02 Å². The molecular formula is C18H14BrClF3NO. The van der Waals surface area contributed by atoms with E-state index in [9.17, 15) is 18.0 Å². The first-order chi connectivity index (χ1) is 11.7. The number of carbonyl (C=O) groups is 1. The Morgan fingerprint density at radius 1 is 1.24 bits per heavy atom. The number of fused-ring (bicyclic) bond motifs is 1. The third-order valence-electron chi connectivity index (χ3n) is 4.27. The molecule has 1 unspecified atom stereocenters. The highest BCUT2D eigenvalue weighted by Gasteiger charge is 2.36. The Kier molecular flexibility index (Phi) is 4.86. The van der Waals surface area contributed by atoms with Gasteiger partial charge in [0, 0.05) is 17.3 Å². The molecular weight excluding hydrogens is 419 g/mol. The van der Waals surface area contributed by atoms with Crippen LogP contribution < -0.4 is 4.90 Å². The molecule has 3 rings (SSSR count). The molecule has 2 nitrogen and oxygen atoms in total. The molecule has 0 aliphatic carbocycles. The quantitative estimate of drug-likeness (QED) is 0.558. The molecule has 7 heteroatoms. The van der Waals surface area contributed by atoms with Gasteiger partial charge in [-0.15, -0.1) is 0 Å². The Morgan fingerprint density at radius 2 is 1.88 bits per heavy atom. The van der Waals surface area contributed by atoms with Gasteiger partial charge in [0.25, 0.3) is 0 Å². The summed E-state index contributed by atoms with van der Waals surface area (Å²) in [6.45, 7) is 1.80. The van der Waals surface area contributed by atoms with Crippen LogP contribution in [0.4, 0.5) is 18.9 Å². The SMILES string of the molecule is Cc1cc2c(cc1C(F)(F)F)N(C(=O)C(Br)c1ccc(Cl)cc1)CC2. The summed E-state index contributed by atoms with van der Waals surface area (Å²) in [4.78, 5) is 13.6. The molecule has 0 fully saturated rings. The lowest BCUT2D eigenvalue weighted by Crippen LogP contribution is -2.32. The van der Waals surface area contributed by atoms with Crippen LogP contribution in [0.3, 0.4) is 0 Å². The van der Waals surface area contributed by atoms with E-state index in [0.29, 0.717) is 29.2 Å². The van der Waals surface area contributed by atoms with Crippen LogP contribution in [0.25, 0.3) is 0 Å². The zero-order valence-corrected chi connectivity index (χ0v) is 15.5. The number of aryl methyl sites for hydroxylation is 1. The number of nitrogens with zero attached hydrogens (tertiary/aromatic N) is 1. The van der Waals surface area contributed by atoms with E-state index in [0.717, 1.165) is 11.6 Å². The van der Waals surface area contributed by atoms with E-state index in [4.69, 9.17) is 11.6 Å². The molecule has 132 valence electrons. The summed E-state index contributed by atoms with van der Waals surface area (Å²) in [5, 5.41) is 0.549. The van der Waals surface area contributed by atoms with Crippen molar-refractivity contribution in [3.63, 3.8) is 0 Å². The average Bonchev–Trinajstić information content (AvgIpc) is 2.95. The van der Waals surface area contributed by atoms with Gasteiger partial charge >= 0.3 is 6.18 Å². The number of alkyl halides is 4. The smallest absolute Gasteiger partial charge is 0.311 e. The van der Waals surface area contributed by atoms with E-state index < -0.39 is 16.6 Å². The Balaban J connectivity index is 1.94. The first-order valence-corrected chi connectivity index (χ1v) is 8.89. The molecule has 0 bridgehead atoms. The summed E-state index contributed by atoms with van der Waals surface area (Å²) in [6.07, 6.45) is -3.90. The van der Waals surface area contributed by atoms with Gasteiger partial charge in [0.15, 0.2) is 0 Å². The number of anilines is 1. The second-order valence-electron chi connectivity index (χ2n) is 5.95. The molecule has 0 saturated heterocycles. The predicted octanol–water partition coefficient (Wildman–Crippen LogP) is 5.69. The number of carbonyl (C=O) groups excluding carboxylic acids is 1. The fourth-order valence-electron chi connectivity index (χ4n) is 3.01. The molecule has 0 saturated carbocycles. The maximum Gasteiger partial charge on any atom is 0.416 e. The first kappa shape index (κ1) is 18.3. The van der Waals surface area contributed by atoms with Gasteiger partial charge in [-0.25, -0.2) is 0 Å². The van der Waals surface area contributed by atoms with Crippen LogP contribution in [0.15, 0.2) is 36.4 Å². The number of halogens is 5. The molecule has 0 aromatic heterocycles. The standard InChI is InChI=1S/C18H14BrClF3NO/c1-10-8-12-6-7-24(15(12)9-14(10)18(21,22)23)17(25)16(19)11-2-4-13(20)5-3-11/h2-5,8-9,16H,6-7H2,1H3. The fourth-order valence-corrected chi connectivity index (χ4v) is 3.68. The summed E-state index contributed by atoms with van der Waals surface area (Å²) < 4.78 is 39.5. The van der Waals surface area contributed by atoms with E-state index in [-0.39, 0.29) is 11.5 Å². The normalized spacial score (nSPS) is 15.2. The molecule has 25 heavy (non-hydrogen) atoms. The van der Waals surface area contributed by atoms with Gasteiger partial charge in [0.2, 0.25) is 5.91 Å². The molecule has 0 radical (unpaired) electrons. The molecule has 1 amide bonds. The van der Waals surface area contributed by atoms with Gasteiger partial charge in [0.1, 0.15) is 4.83 Å². The Bertz CT molecular complexity index is 820. The lowest BCUT2D eigenvalue weighted by atomic mass is 10.0. The molecule has 0 N–H and O–H groups in total. The van der Waals surface area contributed by atoms with Crippen LogP contribution in [0, 0.1) is 6.92 Å². The van der Waals surface area contributed by atoms with E-state index in [1.807, 2.05) is 0 Å². The topological polar surface area (TPSA) is 20.3 Å². The summed E-state index contributed by atoms with van der Waals surface area (Å²) >= 11 is 9.20. The lowest BCUT2D eigenvalue weighted by Gasteiger charge is -2.22. The Labute approximate surface area is 156 Å². The first-order valence-electron chi connectivity index (χ1n) is 7.60. The van der Waals surface area contributed by atoms with Crippen molar-refractivity contribution >= 4 is 39.1 Å². The number of benzene rings is 2. The summed E-state index contributed by atoms with van der Waals surface area (Å²) in [5.41, 5.74) is 1.26. The molecule has 1 aliphatic rings. The van der Waals surface area contributed by atoms with E-state index >= 15 is 0 Å². The third kappa shape index (κ3) is 3.55. The Hall–Kier alpha value is -1.53. The largest absolute Gasteiger partial charge is 0.416 e. The lowest BCUT2D eigenvalue weighted by molar-refractivity contribution is -0.138. The van der Waals surface area contributed by atoms with Crippen molar-refractivity contribution in [3.8, 4) is 0 Å². The highest BCUT2D eigenvalue weighted by atomic mass is 79.9. The predicted molar refractivity (Wildman–Crippen MR) is 95.4 cm³/mol. The molecule has 2 aromatic carbocycles. The van der Waals surface area contributed by atoms with Crippen molar-refractivity contribution < 1.29 is 18.0 Å². The molecule has 1 atom stereocenters. The van der Waals surface area contributed by atoms with Crippen molar-refractivity contribution in [1.82, 2.24) is 0 Å². The minimum absolute atomic E-state index is 0.175. The summed E-state index contributed by atoms with van der Waals surface area (Å²) in [5.74, 6) is -0.293. The fraction of sp³-hybridized carbons (Fsp3) is 0.278. The van der Waals surface area contributed by atoms with Crippen molar-refractivity contribution in [3.05, 3.63) is 63.7 Å². The van der Waals surface area contributed by atoms with Gasteiger partial charge in [-0.1, -0.05) is 45.7 Å². The van der Waals surface area contributed by atoms with Crippen LogP contribution in [-0.2, 0) is 17.4 Å². The van der Waals surface area contributed by atoms with Gasteiger partial charge in [-0.2, -0.15) is 13.2 Å². The van der Waals surface area contributed by atoms with E-state index in [1.165, 1.54) is 17.9 Å². The van der Waals surface area contributed by atoms with Crippen LogP contribution in [0.1, 0.15) is 27.1 Å². The van der Waals surface area contributed by atoms with Crippen molar-refractivity contribution in [2.24, 2.45) is 0 Å². The second-order valence-corrected chi connectivity index (χ2v) is 7.30. The maximum absolute atomic E-state index is 13.2. The van der Waals surface area contributed by atoms with Gasteiger partial charge < -0.3 is 4.90 Å². The molecule has 0 spiro atoms. The highest BCUT2D eigenvalue weighted by Crippen LogP contribution is 2.40. The van der Waals surface area contributed by atoms with E-state index in [1.54, 1.807) is 24.3 Å². The molecule has 1 aliphatic heterocycles. The average molecular weight is 433 g/mol. The monoisotopic (exact) mass is 431 g/mol. The van der Waals surface area contributed by atoms with Crippen molar-refractivity contribution in [1.29, 1.82) is 0 Å². The van der Waals surface area contributed by atoms with Crippen LogP contribution in [0.5, 0.6) is 0 Å². The molecule has 2 aromatic rings. The minimum atomic E-state index is -4.44. The Morgan fingerprint density at radius 3 is 2.48 bits per heavy atom. The minimum Gasteiger partial charge on any atom is -0.311 e. The van der Waals surface area contributed by atoms with Crippen molar-refractivity contribution in [2.45, 2.75) is 24.3 Å². The second kappa shape index (κ2) is 6.65. The zero-order valence-electron chi connectivity index (χ0n) is 13.2. The van der Waals surface area contributed by atoms with Crippen LogP contribution >= 0.6 is 27.5 Å². The summed E-state index contributed by atoms with van der Waals surface area (Å²) in [6, 6.07) is 9.37. The van der Waals surface area contributed by atoms with Crippen LogP contribution in [-0.4, -0.2) is 12.5 Å². The third-order valence-corrected chi connectivity index (χ3v) is 5.44. The number of rotatable bonds is 2. The van der Waals surface area contributed by atoms with Gasteiger partial charge in [-0.3, -0.25) is 4.79 Å². The highest BCUT2D eigenvalue weighted by molar-refractivity contribution is 9.09.